The van der Waals surface area contributed by atoms with E-state index in [9.17, 15) is 34.8 Å². The van der Waals surface area contributed by atoms with Crippen LogP contribution in [-0.4, -0.2) is 24.6 Å². The average molecular weight is 448 g/mol. The van der Waals surface area contributed by atoms with Gasteiger partial charge in [0, 0.05) is 11.9 Å². The van der Waals surface area contributed by atoms with Crippen molar-refractivity contribution < 1.29 is 34.8 Å². The lowest BCUT2D eigenvalue weighted by Crippen LogP contribution is -2.29. The van der Waals surface area contributed by atoms with Crippen LogP contribution >= 0.6 is 11.6 Å². The summed E-state index contributed by atoms with van der Waals surface area (Å²) in [5.41, 5.74) is -1.06. The van der Waals surface area contributed by atoms with Crippen molar-refractivity contribution >= 4 is 27.4 Å². The molecule has 0 saturated carbocycles. The van der Waals surface area contributed by atoms with E-state index in [1.54, 1.807) is 0 Å². The Balaban J connectivity index is 1.91. The smallest absolute Gasteiger partial charge is 0.363 e. The number of rotatable bonds is 3. The molecule has 2 heterocycles. The molecule has 0 bridgehead atoms. The number of fused-ring (bicyclic) bond motifs is 1. The molecular weight excluding hydrogens is 436 g/mol. The first kappa shape index (κ1) is 20.8. The van der Waals surface area contributed by atoms with Crippen molar-refractivity contribution in [3.63, 3.8) is 0 Å². The minimum absolute atomic E-state index is 0.122. The van der Waals surface area contributed by atoms with E-state index in [4.69, 9.17) is 11.6 Å². The predicted molar refractivity (Wildman–Crippen MR) is 87.4 cm³/mol. The van der Waals surface area contributed by atoms with Gasteiger partial charge in [-0.25, -0.2) is 13.4 Å². The molecule has 13 heteroatoms. The summed E-state index contributed by atoms with van der Waals surface area (Å²) in [6.45, 7) is 0. The highest BCUT2D eigenvalue weighted by Gasteiger charge is 2.42. The van der Waals surface area contributed by atoms with Gasteiger partial charge in [0.1, 0.15) is 10.6 Å². The topological polar surface area (TPSA) is 74.8 Å². The van der Waals surface area contributed by atoms with E-state index in [1.807, 2.05) is 4.72 Å². The molecule has 0 saturated heterocycles. The number of anilines is 1. The minimum Gasteiger partial charge on any atom is -0.363 e. The highest BCUT2D eigenvalue weighted by atomic mass is 35.5. The third-order valence-corrected chi connectivity index (χ3v) is 6.06. The van der Waals surface area contributed by atoms with E-state index < -0.39 is 46.2 Å². The van der Waals surface area contributed by atoms with Crippen molar-refractivity contribution in [2.24, 2.45) is 5.92 Å². The molecule has 1 aliphatic carbocycles. The number of nitrogens with zero attached hydrogens (tertiary/aromatic N) is 1. The van der Waals surface area contributed by atoms with E-state index >= 15 is 0 Å². The molecule has 0 spiro atoms. The van der Waals surface area contributed by atoms with Crippen molar-refractivity contribution in [2.45, 2.75) is 36.5 Å². The van der Waals surface area contributed by atoms with Crippen LogP contribution in [0.3, 0.4) is 0 Å². The number of alkyl halides is 6. The van der Waals surface area contributed by atoms with E-state index in [2.05, 4.69) is 9.97 Å². The average Bonchev–Trinajstić information content (AvgIpc) is 2.99. The van der Waals surface area contributed by atoms with Crippen molar-refractivity contribution in [2.75, 3.05) is 4.72 Å². The summed E-state index contributed by atoms with van der Waals surface area (Å²) in [6.07, 6.45) is -9.06. The Morgan fingerprint density at radius 2 is 1.86 bits per heavy atom. The van der Waals surface area contributed by atoms with Crippen molar-refractivity contribution in [1.29, 1.82) is 0 Å². The monoisotopic (exact) mass is 447 g/mol. The molecule has 3 rings (SSSR count). The van der Waals surface area contributed by atoms with Crippen LogP contribution in [-0.2, 0) is 29.0 Å². The Kier molecular flexibility index (Phi) is 5.07. The van der Waals surface area contributed by atoms with Gasteiger partial charge in [0.15, 0.2) is 5.82 Å². The van der Waals surface area contributed by atoms with E-state index in [0.717, 1.165) is 12.3 Å². The van der Waals surface area contributed by atoms with Gasteiger partial charge >= 0.3 is 12.4 Å². The molecule has 2 N–H and O–H groups in total. The predicted octanol–water partition coefficient (Wildman–Crippen LogP) is 4.55. The first-order chi connectivity index (χ1) is 12.8. The number of H-pyrrole nitrogens is 1. The maximum Gasteiger partial charge on any atom is 0.433 e. The molecule has 28 heavy (non-hydrogen) atoms. The van der Waals surface area contributed by atoms with Crippen LogP contribution in [0.15, 0.2) is 23.2 Å². The molecular formula is C15H12ClF6N3O2S. The molecule has 2 aromatic rings. The molecule has 1 atom stereocenters. The summed E-state index contributed by atoms with van der Waals surface area (Å²) < 4.78 is 104. The van der Waals surface area contributed by atoms with Crippen molar-refractivity contribution in [1.82, 2.24) is 9.97 Å². The van der Waals surface area contributed by atoms with Crippen LogP contribution in [0, 0.1) is 5.92 Å². The fourth-order valence-corrected chi connectivity index (χ4v) is 4.46. The molecule has 0 aromatic carbocycles. The number of aromatic nitrogens is 2. The van der Waals surface area contributed by atoms with Gasteiger partial charge in [-0.05, 0) is 37.0 Å². The second-order valence-electron chi connectivity index (χ2n) is 6.22. The number of pyridine rings is 1. The Hall–Kier alpha value is -1.95. The Morgan fingerprint density at radius 1 is 1.18 bits per heavy atom. The molecule has 2 aromatic heterocycles. The van der Waals surface area contributed by atoms with Crippen molar-refractivity contribution in [3.05, 3.63) is 40.3 Å². The van der Waals surface area contributed by atoms with Gasteiger partial charge in [0.25, 0.3) is 10.0 Å². The van der Waals surface area contributed by atoms with Crippen LogP contribution in [0.2, 0.25) is 5.02 Å². The third-order valence-electron chi connectivity index (χ3n) is 4.35. The number of aromatic amines is 1. The van der Waals surface area contributed by atoms with Crippen LogP contribution in [0.1, 0.15) is 23.4 Å². The number of halogens is 7. The Bertz CT molecular complexity index is 1000. The normalized spacial score (nSPS) is 18.0. The van der Waals surface area contributed by atoms with Crippen LogP contribution < -0.4 is 4.72 Å². The number of nitrogens with one attached hydrogen (secondary N) is 2. The van der Waals surface area contributed by atoms with Gasteiger partial charge in [-0.2, -0.15) is 26.3 Å². The number of hydrogen-bond donors (Lipinski definition) is 2. The zero-order valence-electron chi connectivity index (χ0n) is 13.7. The lowest BCUT2D eigenvalue weighted by molar-refractivity contribution is -0.177. The Labute approximate surface area is 160 Å². The molecule has 0 fully saturated rings. The van der Waals surface area contributed by atoms with Gasteiger partial charge < -0.3 is 4.98 Å². The molecule has 154 valence electrons. The lowest BCUT2D eigenvalue weighted by atomic mass is 9.87. The van der Waals surface area contributed by atoms with E-state index in [-0.39, 0.29) is 34.0 Å². The summed E-state index contributed by atoms with van der Waals surface area (Å²) in [5.74, 6) is -2.32. The number of sulfonamides is 1. The maximum absolute atomic E-state index is 12.9. The molecule has 0 radical (unpaired) electrons. The van der Waals surface area contributed by atoms with Gasteiger partial charge in [-0.15, -0.1) is 0 Å². The quantitative estimate of drug-likeness (QED) is 0.678. The summed E-state index contributed by atoms with van der Waals surface area (Å²) in [7, 11) is -4.43. The molecule has 1 unspecified atom stereocenters. The largest absolute Gasteiger partial charge is 0.433 e. The lowest BCUT2D eigenvalue weighted by Gasteiger charge is -2.25. The zero-order valence-corrected chi connectivity index (χ0v) is 15.3. The highest BCUT2D eigenvalue weighted by molar-refractivity contribution is 7.92. The third kappa shape index (κ3) is 4.07. The fraction of sp³-hybridized carbons (Fsp3) is 0.400. The van der Waals surface area contributed by atoms with Gasteiger partial charge in [0.05, 0.1) is 10.9 Å². The maximum atomic E-state index is 12.9. The Morgan fingerprint density at radius 3 is 2.46 bits per heavy atom. The first-order valence-electron chi connectivity index (χ1n) is 7.81. The fourth-order valence-electron chi connectivity index (χ4n) is 2.97. The minimum atomic E-state index is -4.81. The molecule has 5 nitrogen and oxygen atoms in total. The van der Waals surface area contributed by atoms with Gasteiger partial charge in [-0.3, -0.25) is 4.72 Å². The summed E-state index contributed by atoms with van der Waals surface area (Å²) in [6, 6.07) is 1.44. The second kappa shape index (κ2) is 6.83. The second-order valence-corrected chi connectivity index (χ2v) is 8.28. The molecule has 0 aliphatic heterocycles. The van der Waals surface area contributed by atoms with E-state index in [1.165, 1.54) is 0 Å². The van der Waals surface area contributed by atoms with Crippen molar-refractivity contribution in [3.8, 4) is 0 Å². The summed E-state index contributed by atoms with van der Waals surface area (Å²) in [4.78, 5) is 5.36. The molecule has 0 amide bonds. The number of hydrogen-bond acceptors (Lipinski definition) is 3. The first-order valence-corrected chi connectivity index (χ1v) is 9.67. The molecule has 1 aliphatic rings. The van der Waals surface area contributed by atoms with Gasteiger partial charge in [0.2, 0.25) is 0 Å². The van der Waals surface area contributed by atoms with E-state index in [0.29, 0.717) is 6.07 Å². The highest BCUT2D eigenvalue weighted by Crippen LogP contribution is 2.39. The summed E-state index contributed by atoms with van der Waals surface area (Å²) in [5, 5.41) is -0.363. The van der Waals surface area contributed by atoms with Crippen LogP contribution in [0.4, 0.5) is 32.2 Å². The van der Waals surface area contributed by atoms with Crippen LogP contribution in [0.25, 0.3) is 0 Å². The van der Waals surface area contributed by atoms with Crippen LogP contribution in [0.5, 0.6) is 0 Å². The summed E-state index contributed by atoms with van der Waals surface area (Å²) >= 11 is 5.74. The standard InChI is InChI=1S/C15H12ClF6N3O2S/c16-9-3-4-12(15(20,21)22)24-13(9)25-28(26,27)11-6-23-10-5-7(14(17,18)19)1-2-8(10)11/h3-4,6-7,23H,1-2,5H2,(H,24,25). The van der Waals surface area contributed by atoms with Gasteiger partial charge in [-0.1, -0.05) is 11.6 Å². The zero-order chi connectivity index (χ0) is 20.9. The SMILES string of the molecule is O=S(=O)(Nc1nc(C(F)(F)F)ccc1Cl)c1c[nH]c2c1CCC(C(F)(F)F)C2.